The van der Waals surface area contributed by atoms with Crippen LogP contribution in [0.3, 0.4) is 0 Å². The Kier molecular flexibility index (Phi) is 3.79. The molecule has 0 bridgehead atoms. The van der Waals surface area contributed by atoms with Crippen LogP contribution in [0.2, 0.25) is 0 Å². The van der Waals surface area contributed by atoms with Gasteiger partial charge in [-0.25, -0.2) is 0 Å². The average Bonchev–Trinajstić information content (AvgIpc) is 2.98. The molecule has 0 saturated heterocycles. The molecule has 2 rings (SSSR count). The van der Waals surface area contributed by atoms with E-state index in [-0.39, 0.29) is 6.10 Å². The van der Waals surface area contributed by atoms with Gasteiger partial charge in [0.2, 0.25) is 11.8 Å². The van der Waals surface area contributed by atoms with Crippen LogP contribution in [0.25, 0.3) is 0 Å². The Hall–Kier alpha value is -0.940. The summed E-state index contributed by atoms with van der Waals surface area (Å²) >= 11 is 0. The van der Waals surface area contributed by atoms with Gasteiger partial charge < -0.3 is 9.52 Å². The second-order valence-corrected chi connectivity index (χ2v) is 5.18. The average molecular weight is 239 g/mol. The van der Waals surface area contributed by atoms with Gasteiger partial charge in [-0.05, 0) is 33.6 Å². The second-order valence-electron chi connectivity index (χ2n) is 5.18. The van der Waals surface area contributed by atoms with E-state index < -0.39 is 0 Å². The lowest BCUT2D eigenvalue weighted by atomic mass is 10.2. The maximum absolute atomic E-state index is 9.44. The van der Waals surface area contributed by atoms with E-state index in [4.69, 9.17) is 4.42 Å². The second kappa shape index (κ2) is 5.14. The molecule has 0 spiro atoms. The highest BCUT2D eigenvalue weighted by Crippen LogP contribution is 2.39. The van der Waals surface area contributed by atoms with Crippen molar-refractivity contribution in [1.82, 2.24) is 15.1 Å². The van der Waals surface area contributed by atoms with Crippen LogP contribution in [-0.2, 0) is 6.54 Å². The molecule has 0 aliphatic heterocycles. The number of hydrogen-bond donors (Lipinski definition) is 1. The third kappa shape index (κ3) is 3.51. The van der Waals surface area contributed by atoms with E-state index in [2.05, 4.69) is 28.9 Å². The van der Waals surface area contributed by atoms with Crippen LogP contribution >= 0.6 is 0 Å². The summed E-state index contributed by atoms with van der Waals surface area (Å²) in [7, 11) is 0. The van der Waals surface area contributed by atoms with Crippen LogP contribution in [0.15, 0.2) is 4.42 Å². The molecule has 1 heterocycles. The summed E-state index contributed by atoms with van der Waals surface area (Å²) < 4.78 is 5.62. The molecule has 1 saturated carbocycles. The summed E-state index contributed by atoms with van der Waals surface area (Å²) in [5, 5.41) is 17.6. The third-order valence-electron chi connectivity index (χ3n) is 2.98. The van der Waals surface area contributed by atoms with Crippen molar-refractivity contribution in [2.75, 3.05) is 6.54 Å². The lowest BCUT2D eigenvalue weighted by molar-refractivity contribution is 0.0958. The van der Waals surface area contributed by atoms with Crippen LogP contribution in [0, 0.1) is 0 Å². The first-order valence-electron chi connectivity index (χ1n) is 6.30. The molecule has 0 aromatic carbocycles. The predicted octanol–water partition coefficient (Wildman–Crippen LogP) is 1.54. The number of aromatic nitrogens is 2. The molecule has 1 fully saturated rings. The van der Waals surface area contributed by atoms with Crippen molar-refractivity contribution in [1.29, 1.82) is 0 Å². The van der Waals surface area contributed by atoms with Crippen molar-refractivity contribution in [3.05, 3.63) is 11.8 Å². The molecule has 1 aromatic rings. The van der Waals surface area contributed by atoms with E-state index in [1.54, 1.807) is 6.92 Å². The Balaban J connectivity index is 1.95. The molecule has 5 nitrogen and oxygen atoms in total. The Bertz CT molecular complexity index is 358. The fraction of sp³-hybridized carbons (Fsp3) is 0.833. The Morgan fingerprint density at radius 2 is 2.06 bits per heavy atom. The number of rotatable bonds is 6. The van der Waals surface area contributed by atoms with Crippen LogP contribution in [0.4, 0.5) is 0 Å². The summed E-state index contributed by atoms with van der Waals surface area (Å²) in [5.41, 5.74) is 0. The van der Waals surface area contributed by atoms with E-state index in [1.807, 2.05) is 0 Å². The van der Waals surface area contributed by atoms with Gasteiger partial charge >= 0.3 is 0 Å². The summed E-state index contributed by atoms with van der Waals surface area (Å²) in [4.78, 5) is 2.13. The van der Waals surface area contributed by atoms with Crippen molar-refractivity contribution in [2.24, 2.45) is 0 Å². The number of nitrogens with zero attached hydrogens (tertiary/aromatic N) is 3. The quantitative estimate of drug-likeness (QED) is 0.815. The smallest absolute Gasteiger partial charge is 0.230 e. The highest BCUT2D eigenvalue weighted by atomic mass is 16.4. The van der Waals surface area contributed by atoms with Gasteiger partial charge in [-0.2, -0.15) is 0 Å². The lowest BCUT2D eigenvalue weighted by Crippen LogP contribution is -2.36. The number of aliphatic hydroxyl groups excluding tert-OH is 1. The largest absolute Gasteiger partial charge is 0.424 e. The van der Waals surface area contributed by atoms with Gasteiger partial charge in [0.25, 0.3) is 0 Å². The standard InChI is InChI=1S/C12H21N3O2/c1-8(2)15(6-9(3)16)7-11-13-14-12(17-11)10-4-5-10/h8-10,16H,4-7H2,1-3H3. The molecule has 0 amide bonds. The Morgan fingerprint density at radius 1 is 1.35 bits per heavy atom. The zero-order valence-corrected chi connectivity index (χ0v) is 10.8. The van der Waals surface area contributed by atoms with Gasteiger partial charge in [0.05, 0.1) is 12.6 Å². The molecule has 5 heteroatoms. The van der Waals surface area contributed by atoms with Gasteiger partial charge in [0.1, 0.15) is 0 Å². The SMILES string of the molecule is CC(O)CN(Cc1nnc(C2CC2)o1)C(C)C. The van der Waals surface area contributed by atoms with Crippen LogP contribution in [0.5, 0.6) is 0 Å². The van der Waals surface area contributed by atoms with E-state index in [9.17, 15) is 5.11 Å². The van der Waals surface area contributed by atoms with Gasteiger partial charge in [-0.15, -0.1) is 10.2 Å². The van der Waals surface area contributed by atoms with Gasteiger partial charge in [-0.1, -0.05) is 0 Å². The normalized spacial score (nSPS) is 18.0. The maximum atomic E-state index is 9.44. The Morgan fingerprint density at radius 3 is 2.59 bits per heavy atom. The van der Waals surface area contributed by atoms with Crippen molar-refractivity contribution in [2.45, 2.75) is 58.2 Å². The van der Waals surface area contributed by atoms with E-state index in [0.29, 0.717) is 30.9 Å². The third-order valence-corrected chi connectivity index (χ3v) is 2.98. The Labute approximate surface area is 102 Å². The minimum Gasteiger partial charge on any atom is -0.424 e. The minimum atomic E-state index is -0.344. The fourth-order valence-corrected chi connectivity index (χ4v) is 1.80. The monoisotopic (exact) mass is 239 g/mol. The molecular weight excluding hydrogens is 218 g/mol. The van der Waals surface area contributed by atoms with Crippen LogP contribution in [-0.4, -0.2) is 38.9 Å². The summed E-state index contributed by atoms with van der Waals surface area (Å²) in [5.74, 6) is 1.93. The van der Waals surface area contributed by atoms with Gasteiger partial charge in [-0.3, -0.25) is 4.90 Å². The molecule has 96 valence electrons. The maximum Gasteiger partial charge on any atom is 0.230 e. The van der Waals surface area contributed by atoms with E-state index in [0.717, 1.165) is 5.89 Å². The predicted molar refractivity (Wildman–Crippen MR) is 63.5 cm³/mol. The van der Waals surface area contributed by atoms with Crippen LogP contribution < -0.4 is 0 Å². The molecule has 1 N–H and O–H groups in total. The van der Waals surface area contributed by atoms with Crippen molar-refractivity contribution in [3.63, 3.8) is 0 Å². The van der Waals surface area contributed by atoms with Gasteiger partial charge in [0.15, 0.2) is 0 Å². The fourth-order valence-electron chi connectivity index (χ4n) is 1.80. The van der Waals surface area contributed by atoms with Crippen LogP contribution in [0.1, 0.15) is 51.3 Å². The zero-order chi connectivity index (χ0) is 12.4. The first-order valence-corrected chi connectivity index (χ1v) is 6.30. The van der Waals surface area contributed by atoms with E-state index >= 15 is 0 Å². The topological polar surface area (TPSA) is 62.4 Å². The molecule has 1 aliphatic rings. The van der Waals surface area contributed by atoms with Crippen molar-refractivity contribution < 1.29 is 9.52 Å². The summed E-state index contributed by atoms with van der Waals surface area (Å²) in [6.07, 6.45) is 2.00. The molecular formula is C12H21N3O2. The van der Waals surface area contributed by atoms with Crippen molar-refractivity contribution >= 4 is 0 Å². The summed E-state index contributed by atoms with van der Waals surface area (Å²) in [6, 6.07) is 0.348. The molecule has 1 aliphatic carbocycles. The highest BCUT2D eigenvalue weighted by Gasteiger charge is 2.29. The van der Waals surface area contributed by atoms with Crippen molar-refractivity contribution in [3.8, 4) is 0 Å². The minimum absolute atomic E-state index is 0.344. The molecule has 0 radical (unpaired) electrons. The molecule has 17 heavy (non-hydrogen) atoms. The van der Waals surface area contributed by atoms with E-state index in [1.165, 1.54) is 12.8 Å². The number of aliphatic hydroxyl groups is 1. The highest BCUT2D eigenvalue weighted by molar-refractivity contribution is 5.00. The molecule has 1 atom stereocenters. The van der Waals surface area contributed by atoms with Gasteiger partial charge in [0, 0.05) is 18.5 Å². The summed E-state index contributed by atoms with van der Waals surface area (Å²) in [6.45, 7) is 7.22. The first kappa shape index (κ1) is 12.5. The molecule has 1 unspecified atom stereocenters. The molecule has 1 aromatic heterocycles. The number of hydrogen-bond acceptors (Lipinski definition) is 5. The lowest BCUT2D eigenvalue weighted by Gasteiger charge is -2.25. The zero-order valence-electron chi connectivity index (χ0n) is 10.8. The first-order chi connectivity index (χ1) is 8.06.